The molecule has 0 bridgehead atoms. The summed E-state index contributed by atoms with van der Waals surface area (Å²) in [6, 6.07) is 0. The first kappa shape index (κ1) is 22.2. The molecule has 174 valence electrons. The second-order valence-electron chi connectivity index (χ2n) is 12.6. The Morgan fingerprint density at radius 3 is 2.42 bits per heavy atom. The molecule has 3 nitrogen and oxygen atoms in total. The average Bonchev–Trinajstić information content (AvgIpc) is 3.40. The van der Waals surface area contributed by atoms with Gasteiger partial charge < -0.3 is 14.9 Å². The van der Waals surface area contributed by atoms with Crippen LogP contribution in [0.3, 0.4) is 0 Å². The van der Waals surface area contributed by atoms with Gasteiger partial charge in [0, 0.05) is 5.41 Å². The lowest BCUT2D eigenvalue weighted by atomic mass is 9.47. The van der Waals surface area contributed by atoms with Gasteiger partial charge in [-0.05, 0) is 79.4 Å². The summed E-state index contributed by atoms with van der Waals surface area (Å²) in [4.78, 5) is 0. The van der Waals surface area contributed by atoms with E-state index in [1.165, 1.54) is 31.3 Å². The first-order valence-corrected chi connectivity index (χ1v) is 13.0. The molecule has 11 unspecified atom stereocenters. The van der Waals surface area contributed by atoms with Gasteiger partial charge in [0.1, 0.15) is 17.8 Å². The van der Waals surface area contributed by atoms with E-state index in [0.29, 0.717) is 40.9 Å². The molecular weight excluding hydrogens is 384 g/mol. The van der Waals surface area contributed by atoms with Gasteiger partial charge in [-0.2, -0.15) is 0 Å². The summed E-state index contributed by atoms with van der Waals surface area (Å²) in [5, 5.41) is 21.7. The van der Waals surface area contributed by atoms with Crippen molar-refractivity contribution in [3.05, 3.63) is 23.8 Å². The Bertz CT molecular complexity index is 785. The number of rotatable bonds is 4. The van der Waals surface area contributed by atoms with E-state index in [-0.39, 0.29) is 11.5 Å². The Balaban J connectivity index is 1.42. The molecule has 1 aliphatic heterocycles. The quantitative estimate of drug-likeness (QED) is 0.458. The molecule has 2 N–H and O–H groups in total. The molecule has 0 amide bonds. The Kier molecular flexibility index (Phi) is 5.13. The minimum Gasteiger partial charge on any atom is -0.390 e. The maximum atomic E-state index is 11.3. The van der Waals surface area contributed by atoms with Crippen LogP contribution in [-0.4, -0.2) is 34.1 Å². The van der Waals surface area contributed by atoms with Gasteiger partial charge >= 0.3 is 0 Å². The number of allylic oxidation sites excluding steroid dienone is 3. The van der Waals surface area contributed by atoms with Crippen molar-refractivity contribution < 1.29 is 14.9 Å². The smallest absolute Gasteiger partial charge is 0.133 e. The zero-order valence-corrected chi connectivity index (χ0v) is 20.5. The van der Waals surface area contributed by atoms with Crippen molar-refractivity contribution in [1.29, 1.82) is 0 Å². The van der Waals surface area contributed by atoms with E-state index in [2.05, 4.69) is 59.8 Å². The third-order valence-electron chi connectivity index (χ3n) is 11.0. The monoisotopic (exact) mass is 428 g/mol. The lowest BCUT2D eigenvalue weighted by Crippen LogP contribution is -2.60. The van der Waals surface area contributed by atoms with E-state index in [1.807, 2.05) is 0 Å². The number of aliphatic hydroxyl groups is 2. The number of hydrogen-bond donors (Lipinski definition) is 2. The molecule has 0 aromatic heterocycles. The molecule has 0 aromatic rings. The normalized spacial score (nSPS) is 52.7. The third kappa shape index (κ3) is 2.88. The maximum absolute atomic E-state index is 11.3. The summed E-state index contributed by atoms with van der Waals surface area (Å²) in [6.45, 7) is 14.3. The lowest BCUT2D eigenvalue weighted by molar-refractivity contribution is -0.0665. The van der Waals surface area contributed by atoms with E-state index in [9.17, 15) is 10.2 Å². The van der Waals surface area contributed by atoms with E-state index >= 15 is 0 Å². The summed E-state index contributed by atoms with van der Waals surface area (Å²) < 4.78 is 6.16. The number of fused-ring (bicyclic) bond motifs is 4. The van der Waals surface area contributed by atoms with Gasteiger partial charge in [0.2, 0.25) is 0 Å². The first-order valence-electron chi connectivity index (χ1n) is 13.0. The van der Waals surface area contributed by atoms with Crippen molar-refractivity contribution in [2.45, 2.75) is 104 Å². The summed E-state index contributed by atoms with van der Waals surface area (Å²) in [5.74, 6) is 3.72. The molecular formula is C28H44O3. The van der Waals surface area contributed by atoms with E-state index in [0.717, 1.165) is 12.8 Å². The van der Waals surface area contributed by atoms with Crippen LogP contribution in [0.25, 0.3) is 0 Å². The fourth-order valence-corrected chi connectivity index (χ4v) is 8.65. The van der Waals surface area contributed by atoms with Gasteiger partial charge in [-0.25, -0.2) is 0 Å². The number of epoxide rings is 1. The highest BCUT2D eigenvalue weighted by Crippen LogP contribution is 2.72. The summed E-state index contributed by atoms with van der Waals surface area (Å²) in [5.41, 5.74) is 1.28. The van der Waals surface area contributed by atoms with Gasteiger partial charge in [0.05, 0.1) is 6.10 Å². The molecule has 1 saturated heterocycles. The molecule has 1 spiro atoms. The highest BCUT2D eigenvalue weighted by atomic mass is 16.6. The largest absolute Gasteiger partial charge is 0.390 e. The Hall–Kier alpha value is -0.640. The van der Waals surface area contributed by atoms with Crippen molar-refractivity contribution >= 4 is 0 Å². The van der Waals surface area contributed by atoms with Crippen molar-refractivity contribution in [2.24, 2.45) is 46.3 Å². The second-order valence-corrected chi connectivity index (χ2v) is 12.6. The SMILES string of the molecule is CC(C)C(C)/C=C/C(C)C1CCC2C3=CC(O)C45OC4C(O)CCC5(C)C3CCC21C. The van der Waals surface area contributed by atoms with Gasteiger partial charge in [0.15, 0.2) is 0 Å². The van der Waals surface area contributed by atoms with Gasteiger partial charge in [0.25, 0.3) is 0 Å². The highest BCUT2D eigenvalue weighted by Gasteiger charge is 2.78. The predicted molar refractivity (Wildman–Crippen MR) is 124 cm³/mol. The Morgan fingerprint density at radius 1 is 0.968 bits per heavy atom. The average molecular weight is 429 g/mol. The fourth-order valence-electron chi connectivity index (χ4n) is 8.65. The first-order chi connectivity index (χ1) is 14.6. The van der Waals surface area contributed by atoms with Crippen LogP contribution in [0.15, 0.2) is 23.8 Å². The van der Waals surface area contributed by atoms with Crippen LogP contribution in [0.1, 0.15) is 80.1 Å². The van der Waals surface area contributed by atoms with E-state index in [4.69, 9.17) is 4.74 Å². The van der Waals surface area contributed by atoms with Crippen molar-refractivity contribution in [1.82, 2.24) is 0 Å². The minimum atomic E-state index is -0.575. The summed E-state index contributed by atoms with van der Waals surface area (Å²) in [6.07, 6.45) is 12.8. The third-order valence-corrected chi connectivity index (χ3v) is 11.0. The maximum Gasteiger partial charge on any atom is 0.133 e. The highest BCUT2D eigenvalue weighted by molar-refractivity contribution is 5.38. The molecule has 1 heterocycles. The van der Waals surface area contributed by atoms with E-state index < -0.39 is 17.8 Å². The molecule has 0 aromatic carbocycles. The van der Waals surface area contributed by atoms with Crippen molar-refractivity contribution in [2.75, 3.05) is 0 Å². The van der Waals surface area contributed by atoms with Crippen molar-refractivity contribution in [3.8, 4) is 0 Å². The van der Waals surface area contributed by atoms with Crippen LogP contribution in [-0.2, 0) is 4.74 Å². The van der Waals surface area contributed by atoms with Crippen LogP contribution in [0.2, 0.25) is 0 Å². The van der Waals surface area contributed by atoms with Gasteiger partial charge in [-0.1, -0.05) is 65.3 Å². The van der Waals surface area contributed by atoms with Crippen LogP contribution in [0.4, 0.5) is 0 Å². The number of hydrogen-bond acceptors (Lipinski definition) is 3. The number of ether oxygens (including phenoxy) is 1. The molecule has 5 aliphatic rings. The molecule has 3 heteroatoms. The molecule has 31 heavy (non-hydrogen) atoms. The predicted octanol–water partition coefficient (Wildman–Crippen LogP) is 5.51. The molecule has 4 aliphatic carbocycles. The summed E-state index contributed by atoms with van der Waals surface area (Å²) >= 11 is 0. The standard InChI is InChI=1S/C28H44O3/c1-16(2)17(3)7-8-18(4)20-9-10-21-19-15-24(30)28-25(31-28)23(29)12-14-27(28,6)22(19)11-13-26(20,21)5/h7-8,15-18,20-25,29-30H,9-14H2,1-6H3/b8-7+. The van der Waals surface area contributed by atoms with Crippen LogP contribution < -0.4 is 0 Å². The second kappa shape index (κ2) is 7.18. The summed E-state index contributed by atoms with van der Waals surface area (Å²) in [7, 11) is 0. The molecule has 3 saturated carbocycles. The van der Waals surface area contributed by atoms with Crippen LogP contribution in [0, 0.1) is 46.3 Å². The molecule has 5 rings (SSSR count). The Morgan fingerprint density at radius 2 is 1.71 bits per heavy atom. The van der Waals surface area contributed by atoms with Crippen molar-refractivity contribution in [3.63, 3.8) is 0 Å². The topological polar surface area (TPSA) is 53.0 Å². The van der Waals surface area contributed by atoms with Crippen LogP contribution >= 0.6 is 0 Å². The van der Waals surface area contributed by atoms with Crippen LogP contribution in [0.5, 0.6) is 0 Å². The number of aliphatic hydroxyl groups excluding tert-OH is 2. The molecule has 0 radical (unpaired) electrons. The zero-order valence-electron chi connectivity index (χ0n) is 20.5. The molecule has 11 atom stereocenters. The Labute approximate surface area is 189 Å². The zero-order chi connectivity index (χ0) is 22.3. The lowest BCUT2D eigenvalue weighted by Gasteiger charge is -2.57. The van der Waals surface area contributed by atoms with Gasteiger partial charge in [-0.3, -0.25) is 0 Å². The molecule has 4 fully saturated rings. The fraction of sp³-hybridized carbons (Fsp3) is 0.857. The minimum absolute atomic E-state index is 0.0436. The van der Waals surface area contributed by atoms with Gasteiger partial charge in [-0.15, -0.1) is 0 Å². The van der Waals surface area contributed by atoms with E-state index in [1.54, 1.807) is 0 Å².